The first kappa shape index (κ1) is 16.4. The smallest absolute Gasteiger partial charge is 0.119 e. The van der Waals surface area contributed by atoms with Crippen LogP contribution in [0.25, 0.3) is 0 Å². The van der Waals surface area contributed by atoms with E-state index in [1.807, 2.05) is 19.9 Å². The second kappa shape index (κ2) is 6.39. The third-order valence-corrected chi connectivity index (χ3v) is 4.96. The van der Waals surface area contributed by atoms with Gasteiger partial charge in [-0.2, -0.15) is 0 Å². The van der Waals surface area contributed by atoms with Crippen molar-refractivity contribution in [3.8, 4) is 5.75 Å². The van der Waals surface area contributed by atoms with Gasteiger partial charge >= 0.3 is 0 Å². The first-order chi connectivity index (χ1) is 9.80. The topological polar surface area (TPSA) is 29.5 Å². The minimum Gasteiger partial charge on any atom is -0.491 e. The molecule has 21 heavy (non-hydrogen) atoms. The van der Waals surface area contributed by atoms with Crippen LogP contribution in [0.15, 0.2) is 24.3 Å². The molecule has 1 aromatic carbocycles. The standard InChI is InChI=1S/C19H30O2/c1-13(2)21-16-8-6-7-15(12-16)19(4,5)17-10-9-14(3)11-18(17)20/h6-8,12-14,17-18,20H,9-11H2,1-5H3. The van der Waals surface area contributed by atoms with E-state index in [1.54, 1.807) is 0 Å². The molecule has 1 aliphatic carbocycles. The predicted molar refractivity (Wildman–Crippen MR) is 87.7 cm³/mol. The summed E-state index contributed by atoms with van der Waals surface area (Å²) < 4.78 is 5.82. The van der Waals surface area contributed by atoms with E-state index in [-0.39, 0.29) is 17.6 Å². The molecule has 1 aromatic rings. The van der Waals surface area contributed by atoms with Gasteiger partial charge in [0.05, 0.1) is 12.2 Å². The van der Waals surface area contributed by atoms with E-state index in [0.717, 1.165) is 18.6 Å². The van der Waals surface area contributed by atoms with Crippen molar-refractivity contribution in [2.45, 2.75) is 71.5 Å². The maximum absolute atomic E-state index is 10.5. The zero-order valence-corrected chi connectivity index (χ0v) is 14.1. The highest BCUT2D eigenvalue weighted by Crippen LogP contribution is 2.43. The molecule has 3 atom stereocenters. The van der Waals surface area contributed by atoms with Crippen LogP contribution in [0.1, 0.15) is 59.4 Å². The number of ether oxygens (including phenoxy) is 1. The van der Waals surface area contributed by atoms with E-state index in [2.05, 4.69) is 39.0 Å². The highest BCUT2D eigenvalue weighted by Gasteiger charge is 2.39. The molecule has 2 rings (SSSR count). The van der Waals surface area contributed by atoms with Crippen molar-refractivity contribution in [1.82, 2.24) is 0 Å². The van der Waals surface area contributed by atoms with Gasteiger partial charge in [0.15, 0.2) is 0 Å². The summed E-state index contributed by atoms with van der Waals surface area (Å²) in [6.07, 6.45) is 3.23. The number of hydrogen-bond donors (Lipinski definition) is 1. The third-order valence-electron chi connectivity index (χ3n) is 4.96. The molecule has 0 bridgehead atoms. The van der Waals surface area contributed by atoms with Crippen LogP contribution in [0.5, 0.6) is 5.75 Å². The monoisotopic (exact) mass is 290 g/mol. The second-order valence-corrected chi connectivity index (χ2v) is 7.51. The van der Waals surface area contributed by atoms with Crippen molar-refractivity contribution >= 4 is 0 Å². The molecular weight excluding hydrogens is 260 g/mol. The van der Waals surface area contributed by atoms with Crippen LogP contribution in [0, 0.1) is 11.8 Å². The Balaban J connectivity index is 2.22. The number of aliphatic hydroxyl groups is 1. The quantitative estimate of drug-likeness (QED) is 0.881. The minimum absolute atomic E-state index is 0.0318. The van der Waals surface area contributed by atoms with Crippen LogP contribution >= 0.6 is 0 Å². The Bertz CT molecular complexity index is 464. The molecule has 1 aliphatic rings. The van der Waals surface area contributed by atoms with E-state index in [4.69, 9.17) is 4.74 Å². The van der Waals surface area contributed by atoms with Gasteiger partial charge in [0, 0.05) is 0 Å². The van der Waals surface area contributed by atoms with Crippen molar-refractivity contribution in [3.05, 3.63) is 29.8 Å². The van der Waals surface area contributed by atoms with Gasteiger partial charge < -0.3 is 9.84 Å². The Morgan fingerprint density at radius 2 is 1.95 bits per heavy atom. The lowest BCUT2D eigenvalue weighted by atomic mass is 9.64. The fourth-order valence-corrected chi connectivity index (χ4v) is 3.65. The lowest BCUT2D eigenvalue weighted by molar-refractivity contribution is 0.0142. The molecule has 0 radical (unpaired) electrons. The van der Waals surface area contributed by atoms with Crippen LogP contribution in [0.3, 0.4) is 0 Å². The van der Waals surface area contributed by atoms with E-state index in [0.29, 0.717) is 11.8 Å². The molecular formula is C19H30O2. The molecule has 0 aliphatic heterocycles. The Kier molecular flexibility index (Phi) is 4.98. The highest BCUT2D eigenvalue weighted by molar-refractivity contribution is 5.34. The molecule has 0 amide bonds. The fourth-order valence-electron chi connectivity index (χ4n) is 3.65. The maximum atomic E-state index is 10.5. The van der Waals surface area contributed by atoms with Crippen LogP contribution in [0.2, 0.25) is 0 Å². The molecule has 2 nitrogen and oxygen atoms in total. The molecule has 1 fully saturated rings. The molecule has 118 valence electrons. The molecule has 0 spiro atoms. The number of hydrogen-bond acceptors (Lipinski definition) is 2. The first-order valence-corrected chi connectivity index (χ1v) is 8.26. The van der Waals surface area contributed by atoms with Crippen LogP contribution < -0.4 is 4.74 Å². The molecule has 0 saturated heterocycles. The van der Waals surface area contributed by atoms with Gasteiger partial charge in [-0.15, -0.1) is 0 Å². The first-order valence-electron chi connectivity index (χ1n) is 8.26. The fraction of sp³-hybridized carbons (Fsp3) is 0.684. The lowest BCUT2D eigenvalue weighted by Crippen LogP contribution is -2.41. The molecule has 0 aromatic heterocycles. The zero-order chi connectivity index (χ0) is 15.6. The Labute approximate surface area is 129 Å². The third kappa shape index (κ3) is 3.79. The Morgan fingerprint density at radius 3 is 2.57 bits per heavy atom. The van der Waals surface area contributed by atoms with Crippen LogP contribution in [-0.2, 0) is 5.41 Å². The van der Waals surface area contributed by atoms with Gasteiger partial charge in [-0.1, -0.05) is 39.3 Å². The number of benzene rings is 1. The van der Waals surface area contributed by atoms with Gasteiger partial charge in [-0.25, -0.2) is 0 Å². The average Bonchev–Trinajstić information content (AvgIpc) is 2.37. The summed E-state index contributed by atoms with van der Waals surface area (Å²) >= 11 is 0. The molecule has 2 heteroatoms. The van der Waals surface area contributed by atoms with Gasteiger partial charge in [-0.05, 0) is 61.6 Å². The summed E-state index contributed by atoms with van der Waals surface area (Å²) in [6.45, 7) is 10.8. The van der Waals surface area contributed by atoms with Crippen LogP contribution in [-0.4, -0.2) is 17.3 Å². The summed E-state index contributed by atoms with van der Waals surface area (Å²) in [4.78, 5) is 0. The summed E-state index contributed by atoms with van der Waals surface area (Å²) in [5.41, 5.74) is 1.23. The van der Waals surface area contributed by atoms with E-state index in [1.165, 1.54) is 12.0 Å². The summed E-state index contributed by atoms with van der Waals surface area (Å²) in [5.74, 6) is 1.89. The van der Waals surface area contributed by atoms with Gasteiger partial charge in [0.2, 0.25) is 0 Å². The molecule has 1 N–H and O–H groups in total. The normalized spacial score (nSPS) is 26.9. The average molecular weight is 290 g/mol. The van der Waals surface area contributed by atoms with Crippen molar-refractivity contribution in [1.29, 1.82) is 0 Å². The predicted octanol–water partition coefficient (Wildman–Crippen LogP) is 4.55. The minimum atomic E-state index is -0.196. The zero-order valence-electron chi connectivity index (χ0n) is 14.1. The summed E-state index contributed by atoms with van der Waals surface area (Å²) in [5, 5.41) is 10.5. The summed E-state index contributed by atoms with van der Waals surface area (Å²) in [6, 6.07) is 8.38. The lowest BCUT2D eigenvalue weighted by Gasteiger charge is -2.42. The van der Waals surface area contributed by atoms with E-state index >= 15 is 0 Å². The highest BCUT2D eigenvalue weighted by atomic mass is 16.5. The van der Waals surface area contributed by atoms with E-state index in [9.17, 15) is 5.11 Å². The summed E-state index contributed by atoms with van der Waals surface area (Å²) in [7, 11) is 0. The molecule has 1 saturated carbocycles. The second-order valence-electron chi connectivity index (χ2n) is 7.51. The van der Waals surface area contributed by atoms with Gasteiger partial charge in [-0.3, -0.25) is 0 Å². The number of aliphatic hydroxyl groups excluding tert-OH is 1. The maximum Gasteiger partial charge on any atom is 0.119 e. The largest absolute Gasteiger partial charge is 0.491 e. The Morgan fingerprint density at radius 1 is 1.24 bits per heavy atom. The van der Waals surface area contributed by atoms with E-state index < -0.39 is 0 Å². The Hall–Kier alpha value is -1.02. The van der Waals surface area contributed by atoms with Gasteiger partial charge in [0.1, 0.15) is 5.75 Å². The van der Waals surface area contributed by atoms with Gasteiger partial charge in [0.25, 0.3) is 0 Å². The van der Waals surface area contributed by atoms with Crippen LogP contribution in [0.4, 0.5) is 0 Å². The van der Waals surface area contributed by atoms with Crippen molar-refractivity contribution in [3.63, 3.8) is 0 Å². The van der Waals surface area contributed by atoms with Crippen molar-refractivity contribution in [2.24, 2.45) is 11.8 Å². The molecule has 3 unspecified atom stereocenters. The van der Waals surface area contributed by atoms with Crippen molar-refractivity contribution in [2.75, 3.05) is 0 Å². The molecule has 0 heterocycles. The van der Waals surface area contributed by atoms with Crippen molar-refractivity contribution < 1.29 is 9.84 Å². The number of rotatable bonds is 4. The SMILES string of the molecule is CC1CCC(C(C)(C)c2cccc(OC(C)C)c2)C(O)C1.